The van der Waals surface area contributed by atoms with Gasteiger partial charge in [0.1, 0.15) is 16.7 Å². The van der Waals surface area contributed by atoms with Crippen molar-refractivity contribution < 1.29 is 17.5 Å². The second-order valence-electron chi connectivity index (χ2n) is 6.66. The van der Waals surface area contributed by atoms with Gasteiger partial charge >= 0.3 is 0 Å². The van der Waals surface area contributed by atoms with Crippen LogP contribution in [0.15, 0.2) is 60.0 Å². The summed E-state index contributed by atoms with van der Waals surface area (Å²) in [5, 5.41) is 0. The Morgan fingerprint density at radius 3 is 2.00 bits per heavy atom. The lowest BCUT2D eigenvalue weighted by molar-refractivity contribution is -0.936. The smallest absolute Gasteiger partial charge is 0.124 e. The van der Waals surface area contributed by atoms with Gasteiger partial charge in [-0.25, -0.2) is 8.42 Å². The van der Waals surface area contributed by atoms with Crippen molar-refractivity contribution in [1.82, 2.24) is 0 Å². The van der Waals surface area contributed by atoms with Crippen LogP contribution in [0, 0.1) is 6.92 Å². The molecule has 0 bridgehead atoms. The zero-order valence-corrected chi connectivity index (χ0v) is 17.6. The maximum atomic E-state index is 10.4. The number of hydrogen-bond donors (Lipinski definition) is 0. The average Bonchev–Trinajstić information content (AvgIpc) is 2.66. The Labute approximate surface area is 164 Å². The predicted molar refractivity (Wildman–Crippen MR) is 111 cm³/mol. The monoisotopic (exact) mass is 389 g/mol. The topological polar surface area (TPSA) is 57.2 Å². The molecule has 2 rings (SSSR count). The zero-order chi connectivity index (χ0) is 20.5. The van der Waals surface area contributed by atoms with Crippen LogP contribution in [0.2, 0.25) is 0 Å². The molecule has 0 aliphatic carbocycles. The van der Waals surface area contributed by atoms with Gasteiger partial charge in [-0.3, -0.25) is 0 Å². The molecule has 5 heteroatoms. The molecular formula is C22H31NO3S. The maximum absolute atomic E-state index is 10.4. The Kier molecular flexibility index (Phi) is 8.89. The molecule has 0 aliphatic rings. The van der Waals surface area contributed by atoms with Gasteiger partial charge < -0.3 is 9.04 Å². The van der Waals surface area contributed by atoms with E-state index < -0.39 is 10.1 Å². The van der Waals surface area contributed by atoms with Crippen molar-refractivity contribution in [1.29, 1.82) is 0 Å². The highest BCUT2D eigenvalue weighted by Crippen LogP contribution is 2.15. The lowest BCUT2D eigenvalue weighted by atomic mass is 10.1. The second-order valence-corrected chi connectivity index (χ2v) is 8.04. The molecule has 0 spiro atoms. The molecule has 0 amide bonds. The van der Waals surface area contributed by atoms with E-state index in [1.807, 2.05) is 13.0 Å². The number of nitrogens with zero attached hydrogens (tertiary/aromatic N) is 1. The van der Waals surface area contributed by atoms with E-state index in [0.29, 0.717) is 0 Å². The Bertz CT molecular complexity index is 815. The van der Waals surface area contributed by atoms with Gasteiger partial charge in [-0.05, 0) is 51.5 Å². The minimum atomic E-state index is -4.27. The van der Waals surface area contributed by atoms with Gasteiger partial charge in [0.15, 0.2) is 0 Å². The third-order valence-corrected chi connectivity index (χ3v) is 5.88. The fourth-order valence-electron chi connectivity index (χ4n) is 2.92. The molecule has 148 valence electrons. The zero-order valence-electron chi connectivity index (χ0n) is 16.8. The molecule has 2 aromatic rings. The first-order valence-electron chi connectivity index (χ1n) is 9.28. The van der Waals surface area contributed by atoms with Gasteiger partial charge in [0.25, 0.3) is 0 Å². The number of rotatable bonds is 7. The van der Waals surface area contributed by atoms with E-state index in [2.05, 4.69) is 51.6 Å². The Morgan fingerprint density at radius 1 is 1.00 bits per heavy atom. The summed E-state index contributed by atoms with van der Waals surface area (Å²) in [6, 6.07) is 14.5. The number of benzene rings is 2. The highest BCUT2D eigenvalue weighted by molar-refractivity contribution is 7.85. The standard InChI is InChI=1S/C15H24N.C7H8O3S/c1-5-14-10-9-11-15(12-14)13-16(6-2,7-3)8-4;1-6-2-4-7(5-3-6)11(8,9)10/h5,9-12H,1,6-8,13H2,2-4H3;2-5H,1H3,(H,8,9,10)/q+1;/p-1. The molecule has 0 saturated carbocycles. The average molecular weight is 390 g/mol. The summed E-state index contributed by atoms with van der Waals surface area (Å²) in [6.07, 6.45) is 1.92. The van der Waals surface area contributed by atoms with Crippen LogP contribution in [-0.2, 0) is 16.7 Å². The molecule has 0 radical (unpaired) electrons. The summed E-state index contributed by atoms with van der Waals surface area (Å²) in [7, 11) is -4.27. The highest BCUT2D eigenvalue weighted by Gasteiger charge is 2.20. The Hall–Kier alpha value is -1.95. The minimum Gasteiger partial charge on any atom is -0.744 e. The van der Waals surface area contributed by atoms with E-state index in [1.54, 1.807) is 12.1 Å². The second kappa shape index (κ2) is 10.4. The fraction of sp³-hybridized carbons (Fsp3) is 0.364. The molecule has 4 nitrogen and oxygen atoms in total. The summed E-state index contributed by atoms with van der Waals surface area (Å²) < 4.78 is 32.3. The largest absolute Gasteiger partial charge is 0.744 e. The van der Waals surface area contributed by atoms with Crippen molar-refractivity contribution in [3.8, 4) is 0 Å². The van der Waals surface area contributed by atoms with Crippen LogP contribution in [0.25, 0.3) is 6.08 Å². The van der Waals surface area contributed by atoms with Crippen molar-refractivity contribution in [2.24, 2.45) is 0 Å². The Balaban J connectivity index is 0.000000289. The third kappa shape index (κ3) is 7.29. The first-order chi connectivity index (χ1) is 12.7. The SMILES string of the molecule is C=Cc1cccc(C[N+](CC)(CC)CC)c1.Cc1ccc(S(=O)(=O)[O-])cc1. The molecule has 27 heavy (non-hydrogen) atoms. The van der Waals surface area contributed by atoms with Crippen molar-refractivity contribution in [3.63, 3.8) is 0 Å². The van der Waals surface area contributed by atoms with Gasteiger partial charge in [-0.1, -0.05) is 48.6 Å². The van der Waals surface area contributed by atoms with Crippen LogP contribution in [0.3, 0.4) is 0 Å². The van der Waals surface area contributed by atoms with Crippen molar-refractivity contribution >= 4 is 16.2 Å². The van der Waals surface area contributed by atoms with Crippen LogP contribution in [0.5, 0.6) is 0 Å². The molecule has 0 heterocycles. The molecule has 0 N–H and O–H groups in total. The number of quaternary nitrogens is 1. The van der Waals surface area contributed by atoms with Crippen LogP contribution < -0.4 is 0 Å². The van der Waals surface area contributed by atoms with Crippen molar-refractivity contribution in [2.75, 3.05) is 19.6 Å². The molecule has 0 fully saturated rings. The van der Waals surface area contributed by atoms with E-state index >= 15 is 0 Å². The molecule has 0 atom stereocenters. The van der Waals surface area contributed by atoms with Crippen LogP contribution in [-0.4, -0.2) is 37.1 Å². The van der Waals surface area contributed by atoms with Gasteiger partial charge in [-0.2, -0.15) is 0 Å². The summed E-state index contributed by atoms with van der Waals surface area (Å²) in [6.45, 7) is 17.2. The van der Waals surface area contributed by atoms with Gasteiger partial charge in [0.05, 0.1) is 24.5 Å². The van der Waals surface area contributed by atoms with E-state index in [-0.39, 0.29) is 4.90 Å². The summed E-state index contributed by atoms with van der Waals surface area (Å²) in [5.41, 5.74) is 3.57. The molecule has 0 unspecified atom stereocenters. The van der Waals surface area contributed by atoms with E-state index in [1.165, 1.54) is 47.4 Å². The lowest BCUT2D eigenvalue weighted by Crippen LogP contribution is -2.46. The van der Waals surface area contributed by atoms with Crippen LogP contribution >= 0.6 is 0 Å². The third-order valence-electron chi connectivity index (χ3n) is 5.03. The van der Waals surface area contributed by atoms with Crippen LogP contribution in [0.1, 0.15) is 37.5 Å². The minimum absolute atomic E-state index is 0.178. The quantitative estimate of drug-likeness (QED) is 0.513. The summed E-state index contributed by atoms with van der Waals surface area (Å²) in [5.74, 6) is 0. The first-order valence-corrected chi connectivity index (χ1v) is 10.7. The first kappa shape index (κ1) is 23.1. The Morgan fingerprint density at radius 2 is 1.56 bits per heavy atom. The van der Waals surface area contributed by atoms with E-state index in [0.717, 1.165) is 12.1 Å². The normalized spacial score (nSPS) is 11.4. The van der Waals surface area contributed by atoms with Gasteiger partial charge in [0, 0.05) is 5.56 Å². The van der Waals surface area contributed by atoms with Crippen molar-refractivity contribution in [3.05, 3.63) is 71.8 Å². The molecular weight excluding hydrogens is 358 g/mol. The van der Waals surface area contributed by atoms with E-state index in [9.17, 15) is 13.0 Å². The fourth-order valence-corrected chi connectivity index (χ4v) is 3.39. The lowest BCUT2D eigenvalue weighted by Gasteiger charge is -2.36. The van der Waals surface area contributed by atoms with Crippen molar-refractivity contribution in [2.45, 2.75) is 39.1 Å². The summed E-state index contributed by atoms with van der Waals surface area (Å²) >= 11 is 0. The van der Waals surface area contributed by atoms with E-state index in [4.69, 9.17) is 0 Å². The number of aryl methyl sites for hydroxylation is 1. The number of hydrogen-bond acceptors (Lipinski definition) is 3. The van der Waals surface area contributed by atoms with Crippen LogP contribution in [0.4, 0.5) is 0 Å². The predicted octanol–water partition coefficient (Wildman–Crippen LogP) is 4.61. The molecule has 0 aliphatic heterocycles. The molecule has 0 saturated heterocycles. The van der Waals surface area contributed by atoms with Gasteiger partial charge in [-0.15, -0.1) is 0 Å². The van der Waals surface area contributed by atoms with Gasteiger partial charge in [0.2, 0.25) is 0 Å². The molecule has 2 aromatic carbocycles. The maximum Gasteiger partial charge on any atom is 0.124 e. The molecule has 0 aromatic heterocycles. The highest BCUT2D eigenvalue weighted by atomic mass is 32.2. The summed E-state index contributed by atoms with van der Waals surface area (Å²) in [4.78, 5) is -0.178.